The molecule has 5 heteroatoms. The van der Waals surface area contributed by atoms with Gasteiger partial charge in [-0.15, -0.1) is 0 Å². The average Bonchev–Trinajstić information content (AvgIpc) is 2.33. The Hall–Kier alpha value is -0.680. The van der Waals surface area contributed by atoms with Crippen LogP contribution in [0.1, 0.15) is 24.5 Å². The number of thioether (sulfide) groups is 1. The third-order valence-electron chi connectivity index (χ3n) is 2.66. The Kier molecular flexibility index (Phi) is 6.02. The van der Waals surface area contributed by atoms with Gasteiger partial charge in [-0.25, -0.2) is 0 Å². The first-order valence-electron chi connectivity index (χ1n) is 5.82. The molecule has 0 saturated carbocycles. The third kappa shape index (κ3) is 5.31. The van der Waals surface area contributed by atoms with Crippen LogP contribution in [0.4, 0.5) is 13.2 Å². The molecule has 0 aliphatic rings. The maximum absolute atomic E-state index is 12.5. The lowest BCUT2D eigenvalue weighted by molar-refractivity contribution is -0.137. The van der Waals surface area contributed by atoms with Crippen LogP contribution in [0.5, 0.6) is 0 Å². The molecule has 0 aliphatic heterocycles. The van der Waals surface area contributed by atoms with E-state index < -0.39 is 11.7 Å². The van der Waals surface area contributed by atoms with Crippen molar-refractivity contribution in [1.82, 2.24) is 5.32 Å². The topological polar surface area (TPSA) is 12.0 Å². The van der Waals surface area contributed by atoms with E-state index in [1.807, 2.05) is 13.2 Å². The van der Waals surface area contributed by atoms with Crippen LogP contribution in [0, 0.1) is 0 Å². The van der Waals surface area contributed by atoms with Gasteiger partial charge in [0.05, 0.1) is 5.56 Å². The van der Waals surface area contributed by atoms with Crippen molar-refractivity contribution in [1.29, 1.82) is 0 Å². The monoisotopic (exact) mass is 277 g/mol. The summed E-state index contributed by atoms with van der Waals surface area (Å²) in [5, 5.41) is 3.23. The summed E-state index contributed by atoms with van der Waals surface area (Å²) in [6, 6.07) is 5.78. The van der Waals surface area contributed by atoms with Gasteiger partial charge in [-0.3, -0.25) is 0 Å². The zero-order valence-electron chi connectivity index (χ0n) is 10.6. The van der Waals surface area contributed by atoms with Crippen molar-refractivity contribution < 1.29 is 13.2 Å². The molecule has 1 unspecified atom stereocenters. The third-order valence-corrected chi connectivity index (χ3v) is 3.31. The molecule has 1 atom stereocenters. The van der Waals surface area contributed by atoms with E-state index in [1.165, 1.54) is 12.1 Å². The molecular formula is C13H18F3NS. The average molecular weight is 277 g/mol. The molecular weight excluding hydrogens is 259 g/mol. The molecule has 0 aliphatic carbocycles. The van der Waals surface area contributed by atoms with E-state index in [9.17, 15) is 13.2 Å². The molecule has 1 N–H and O–H groups in total. The van der Waals surface area contributed by atoms with Crippen LogP contribution in [0.3, 0.4) is 0 Å². The first kappa shape index (κ1) is 15.4. The van der Waals surface area contributed by atoms with E-state index in [2.05, 4.69) is 5.32 Å². The summed E-state index contributed by atoms with van der Waals surface area (Å²) >= 11 is 1.77. The zero-order chi connectivity index (χ0) is 13.6. The maximum atomic E-state index is 12.5. The van der Waals surface area contributed by atoms with Gasteiger partial charge in [-0.1, -0.05) is 18.2 Å². The fourth-order valence-electron chi connectivity index (χ4n) is 1.55. The van der Waals surface area contributed by atoms with Gasteiger partial charge in [0.25, 0.3) is 0 Å². The standard InChI is InChI=1S/C13H18F3NS/c1-10(6-7-18-2)17-9-11-4-3-5-12(8-11)13(14,15)16/h3-5,8,10,17H,6-7,9H2,1-2H3. The Morgan fingerprint density at radius 3 is 2.67 bits per heavy atom. The first-order chi connectivity index (χ1) is 8.43. The number of rotatable bonds is 6. The largest absolute Gasteiger partial charge is 0.416 e. The number of halogens is 3. The van der Waals surface area contributed by atoms with Crippen LogP contribution in [0.2, 0.25) is 0 Å². The molecule has 0 bridgehead atoms. The zero-order valence-corrected chi connectivity index (χ0v) is 11.4. The lowest BCUT2D eigenvalue weighted by Crippen LogP contribution is -2.26. The minimum atomic E-state index is -4.26. The molecule has 1 nitrogen and oxygen atoms in total. The van der Waals surface area contributed by atoms with Crippen molar-refractivity contribution in [2.75, 3.05) is 12.0 Å². The normalized spacial score (nSPS) is 13.6. The Morgan fingerprint density at radius 1 is 1.33 bits per heavy atom. The van der Waals surface area contributed by atoms with E-state index in [-0.39, 0.29) is 0 Å². The van der Waals surface area contributed by atoms with Crippen molar-refractivity contribution >= 4 is 11.8 Å². The van der Waals surface area contributed by atoms with Gasteiger partial charge < -0.3 is 5.32 Å². The number of alkyl halides is 3. The highest BCUT2D eigenvalue weighted by Crippen LogP contribution is 2.29. The number of hydrogen-bond acceptors (Lipinski definition) is 2. The van der Waals surface area contributed by atoms with E-state index in [0.29, 0.717) is 18.2 Å². The summed E-state index contributed by atoms with van der Waals surface area (Å²) in [5.41, 5.74) is 0.0828. The molecule has 18 heavy (non-hydrogen) atoms. The van der Waals surface area contributed by atoms with Crippen LogP contribution in [0.25, 0.3) is 0 Å². The van der Waals surface area contributed by atoms with Crippen LogP contribution < -0.4 is 5.32 Å². The second-order valence-electron chi connectivity index (χ2n) is 4.26. The molecule has 0 fully saturated rings. The van der Waals surface area contributed by atoms with Crippen molar-refractivity contribution in [2.45, 2.75) is 32.1 Å². The quantitative estimate of drug-likeness (QED) is 0.845. The summed E-state index contributed by atoms with van der Waals surface area (Å²) in [6.07, 6.45) is -1.21. The smallest absolute Gasteiger partial charge is 0.310 e. The minimum Gasteiger partial charge on any atom is -0.310 e. The molecule has 0 amide bonds. The SMILES string of the molecule is CSCCC(C)NCc1cccc(C(F)(F)F)c1. The summed E-state index contributed by atoms with van der Waals surface area (Å²) in [6.45, 7) is 2.52. The lowest BCUT2D eigenvalue weighted by Gasteiger charge is -2.14. The predicted molar refractivity (Wildman–Crippen MR) is 70.7 cm³/mol. The highest BCUT2D eigenvalue weighted by molar-refractivity contribution is 7.98. The molecule has 0 radical (unpaired) electrons. The van der Waals surface area contributed by atoms with Gasteiger partial charge in [0, 0.05) is 12.6 Å². The van der Waals surface area contributed by atoms with Gasteiger partial charge >= 0.3 is 6.18 Å². The highest BCUT2D eigenvalue weighted by Gasteiger charge is 2.30. The summed E-state index contributed by atoms with van der Waals surface area (Å²) in [7, 11) is 0. The molecule has 0 spiro atoms. The van der Waals surface area contributed by atoms with Gasteiger partial charge in [0.1, 0.15) is 0 Å². The number of benzene rings is 1. The summed E-state index contributed by atoms with van der Waals surface area (Å²) < 4.78 is 37.5. The number of nitrogens with one attached hydrogen (secondary N) is 1. The first-order valence-corrected chi connectivity index (χ1v) is 7.21. The minimum absolute atomic E-state index is 0.312. The molecule has 0 aromatic heterocycles. The van der Waals surface area contributed by atoms with Crippen molar-refractivity contribution in [3.05, 3.63) is 35.4 Å². The van der Waals surface area contributed by atoms with Crippen LogP contribution in [0.15, 0.2) is 24.3 Å². The predicted octanol–water partition coefficient (Wildman–Crippen LogP) is 3.94. The van der Waals surface area contributed by atoms with Gasteiger partial charge in [-0.05, 0) is 37.0 Å². The van der Waals surface area contributed by atoms with Gasteiger partial charge in [0.2, 0.25) is 0 Å². The Morgan fingerprint density at radius 2 is 2.06 bits per heavy atom. The molecule has 1 aromatic carbocycles. The molecule has 0 saturated heterocycles. The van der Waals surface area contributed by atoms with Crippen LogP contribution in [-0.2, 0) is 12.7 Å². The van der Waals surface area contributed by atoms with Gasteiger partial charge in [0.15, 0.2) is 0 Å². The molecule has 1 aromatic rings. The Bertz CT molecular complexity index is 365. The second kappa shape index (κ2) is 7.04. The van der Waals surface area contributed by atoms with E-state index in [0.717, 1.165) is 18.2 Å². The second-order valence-corrected chi connectivity index (χ2v) is 5.25. The Balaban J connectivity index is 2.52. The fraction of sp³-hybridized carbons (Fsp3) is 0.538. The highest BCUT2D eigenvalue weighted by atomic mass is 32.2. The van der Waals surface area contributed by atoms with E-state index in [1.54, 1.807) is 17.8 Å². The van der Waals surface area contributed by atoms with Crippen LogP contribution in [-0.4, -0.2) is 18.1 Å². The summed E-state index contributed by atoms with van der Waals surface area (Å²) in [4.78, 5) is 0. The Labute approximate surface area is 110 Å². The van der Waals surface area contributed by atoms with Crippen LogP contribution >= 0.6 is 11.8 Å². The van der Waals surface area contributed by atoms with E-state index in [4.69, 9.17) is 0 Å². The lowest BCUT2D eigenvalue weighted by atomic mass is 10.1. The van der Waals surface area contributed by atoms with Crippen molar-refractivity contribution in [3.8, 4) is 0 Å². The van der Waals surface area contributed by atoms with E-state index >= 15 is 0 Å². The number of hydrogen-bond donors (Lipinski definition) is 1. The van der Waals surface area contributed by atoms with Gasteiger partial charge in [-0.2, -0.15) is 24.9 Å². The molecule has 102 valence electrons. The summed E-state index contributed by atoms with van der Waals surface area (Å²) in [5.74, 6) is 1.05. The maximum Gasteiger partial charge on any atom is 0.416 e. The fourth-order valence-corrected chi connectivity index (χ4v) is 2.14. The molecule has 1 rings (SSSR count). The van der Waals surface area contributed by atoms with Crippen molar-refractivity contribution in [3.63, 3.8) is 0 Å². The molecule has 0 heterocycles. The van der Waals surface area contributed by atoms with Crippen molar-refractivity contribution in [2.24, 2.45) is 0 Å².